The number of thioether (sulfide) groups is 1. The molecule has 0 aliphatic rings. The van der Waals surface area contributed by atoms with E-state index in [1.165, 1.54) is 18.4 Å². The highest BCUT2D eigenvalue weighted by Gasteiger charge is 2.22. The lowest BCUT2D eigenvalue weighted by Gasteiger charge is -2.18. The van der Waals surface area contributed by atoms with Gasteiger partial charge in [-0.25, -0.2) is 4.98 Å². The van der Waals surface area contributed by atoms with Crippen LogP contribution in [0.1, 0.15) is 22.5 Å². The second-order valence-corrected chi connectivity index (χ2v) is 6.91. The third-order valence-electron chi connectivity index (χ3n) is 3.51. The zero-order chi connectivity index (χ0) is 18.1. The van der Waals surface area contributed by atoms with E-state index in [1.54, 1.807) is 41.5 Å². The molecule has 0 fully saturated rings. The van der Waals surface area contributed by atoms with Gasteiger partial charge in [0.25, 0.3) is 5.91 Å². The predicted molar refractivity (Wildman–Crippen MR) is 101 cm³/mol. The molecule has 8 heteroatoms. The molecule has 0 radical (unpaired) electrons. The fraction of sp³-hybridized carbons (Fsp3) is 0.353. The molecule has 0 aliphatic carbocycles. The van der Waals surface area contributed by atoms with E-state index < -0.39 is 6.04 Å². The van der Waals surface area contributed by atoms with E-state index in [4.69, 9.17) is 4.74 Å². The van der Waals surface area contributed by atoms with Gasteiger partial charge < -0.3 is 15.4 Å². The maximum atomic E-state index is 12.5. The fourth-order valence-electron chi connectivity index (χ4n) is 2.20. The summed E-state index contributed by atoms with van der Waals surface area (Å²) in [6.45, 7) is 0.350. The highest BCUT2D eigenvalue weighted by Crippen LogP contribution is 2.17. The predicted octanol–water partition coefficient (Wildman–Crippen LogP) is 2.32. The number of ether oxygens (including phenoxy) is 1. The molecule has 1 heterocycles. The Morgan fingerprint density at radius 1 is 1.36 bits per heavy atom. The van der Waals surface area contributed by atoms with Gasteiger partial charge in [0.2, 0.25) is 5.91 Å². The van der Waals surface area contributed by atoms with Crippen molar-refractivity contribution in [3.05, 3.63) is 46.4 Å². The molecule has 0 saturated heterocycles. The Morgan fingerprint density at radius 2 is 2.16 bits per heavy atom. The van der Waals surface area contributed by atoms with Crippen molar-refractivity contribution in [3.63, 3.8) is 0 Å². The lowest BCUT2D eigenvalue weighted by Crippen LogP contribution is -2.47. The Kier molecular flexibility index (Phi) is 7.75. The molecule has 2 rings (SSSR count). The van der Waals surface area contributed by atoms with Crippen LogP contribution in [0, 0.1) is 0 Å². The smallest absolute Gasteiger partial charge is 0.255 e. The van der Waals surface area contributed by atoms with Gasteiger partial charge >= 0.3 is 0 Å². The van der Waals surface area contributed by atoms with Crippen molar-refractivity contribution in [2.24, 2.45) is 0 Å². The first-order valence-electron chi connectivity index (χ1n) is 7.73. The van der Waals surface area contributed by atoms with Crippen molar-refractivity contribution in [1.82, 2.24) is 15.6 Å². The van der Waals surface area contributed by atoms with Gasteiger partial charge in [-0.1, -0.05) is 12.1 Å². The minimum Gasteiger partial charge on any atom is -0.496 e. The fourth-order valence-corrected chi connectivity index (χ4v) is 3.23. The van der Waals surface area contributed by atoms with Crippen LogP contribution in [0.3, 0.4) is 0 Å². The Bertz CT molecular complexity index is 692. The van der Waals surface area contributed by atoms with Crippen LogP contribution in [0.25, 0.3) is 0 Å². The minimum atomic E-state index is -0.608. The van der Waals surface area contributed by atoms with Crippen LogP contribution in [0.5, 0.6) is 5.75 Å². The van der Waals surface area contributed by atoms with Crippen LogP contribution in [0.15, 0.2) is 35.2 Å². The lowest BCUT2D eigenvalue weighted by atomic mass is 10.1. The van der Waals surface area contributed by atoms with E-state index in [0.717, 1.165) is 11.4 Å². The molecule has 0 spiro atoms. The van der Waals surface area contributed by atoms with Gasteiger partial charge in [-0.3, -0.25) is 9.59 Å². The zero-order valence-corrected chi connectivity index (χ0v) is 15.8. The molecule has 2 amide bonds. The minimum absolute atomic E-state index is 0.217. The topological polar surface area (TPSA) is 80.3 Å². The lowest BCUT2D eigenvalue weighted by molar-refractivity contribution is -0.123. The number of rotatable bonds is 9. The number of hydrogen-bond acceptors (Lipinski definition) is 6. The molecule has 25 heavy (non-hydrogen) atoms. The normalized spacial score (nSPS) is 11.6. The van der Waals surface area contributed by atoms with E-state index in [-0.39, 0.29) is 11.8 Å². The number of aromatic nitrogens is 1. The Morgan fingerprint density at radius 3 is 2.84 bits per heavy atom. The average Bonchev–Trinajstić information content (AvgIpc) is 3.16. The van der Waals surface area contributed by atoms with Gasteiger partial charge in [0.15, 0.2) is 0 Å². The molecule has 0 unspecified atom stereocenters. The van der Waals surface area contributed by atoms with E-state index in [9.17, 15) is 9.59 Å². The standard InChI is InChI=1S/C17H21N3O3S2/c1-23-15-6-4-3-5-13(15)16(21)20-14(7-8-24-2)17(22)18-9-12-10-25-11-19-12/h3-6,10-11,14H,7-9H2,1-2H3,(H,18,22)(H,20,21)/t14-/m0/s1. The summed E-state index contributed by atoms with van der Waals surface area (Å²) < 4.78 is 5.21. The summed E-state index contributed by atoms with van der Waals surface area (Å²) >= 11 is 3.10. The van der Waals surface area contributed by atoms with E-state index in [0.29, 0.717) is 24.3 Å². The molecule has 6 nitrogen and oxygen atoms in total. The summed E-state index contributed by atoms with van der Waals surface area (Å²) in [5.41, 5.74) is 2.93. The third-order valence-corrected chi connectivity index (χ3v) is 4.79. The van der Waals surface area contributed by atoms with Gasteiger partial charge in [-0.2, -0.15) is 11.8 Å². The quantitative estimate of drug-likeness (QED) is 0.699. The number of nitrogens with zero attached hydrogens (tertiary/aromatic N) is 1. The monoisotopic (exact) mass is 379 g/mol. The maximum absolute atomic E-state index is 12.5. The van der Waals surface area contributed by atoms with Crippen LogP contribution in [0.4, 0.5) is 0 Å². The number of nitrogens with one attached hydrogen (secondary N) is 2. The van der Waals surface area contributed by atoms with Crippen molar-refractivity contribution >= 4 is 34.9 Å². The number of thiazole rings is 1. The number of carbonyl (C=O) groups excluding carboxylic acids is 2. The summed E-state index contributed by atoms with van der Waals surface area (Å²) in [6, 6.07) is 6.34. The number of methoxy groups -OCH3 is 1. The largest absolute Gasteiger partial charge is 0.496 e. The molecule has 0 aliphatic heterocycles. The van der Waals surface area contributed by atoms with Gasteiger partial charge in [0, 0.05) is 5.38 Å². The van der Waals surface area contributed by atoms with Gasteiger partial charge in [-0.05, 0) is 30.6 Å². The van der Waals surface area contributed by atoms with Crippen LogP contribution in [0.2, 0.25) is 0 Å². The molecule has 2 aromatic rings. The first-order chi connectivity index (χ1) is 12.2. The summed E-state index contributed by atoms with van der Waals surface area (Å²) in [6.07, 6.45) is 2.51. The summed E-state index contributed by atoms with van der Waals surface area (Å²) in [5.74, 6) is 0.699. The second kappa shape index (κ2) is 10.0. The highest BCUT2D eigenvalue weighted by molar-refractivity contribution is 7.98. The first-order valence-corrected chi connectivity index (χ1v) is 10.1. The number of benzene rings is 1. The molecular formula is C17H21N3O3S2. The van der Waals surface area contributed by atoms with Crippen LogP contribution in [-0.2, 0) is 11.3 Å². The van der Waals surface area contributed by atoms with Crippen LogP contribution >= 0.6 is 23.1 Å². The van der Waals surface area contributed by atoms with Crippen molar-refractivity contribution < 1.29 is 14.3 Å². The summed E-state index contributed by atoms with van der Waals surface area (Å²) in [7, 11) is 1.51. The molecule has 1 aromatic carbocycles. The molecule has 0 bridgehead atoms. The molecule has 2 N–H and O–H groups in total. The number of para-hydroxylation sites is 1. The van der Waals surface area contributed by atoms with E-state index >= 15 is 0 Å². The van der Waals surface area contributed by atoms with Crippen LogP contribution < -0.4 is 15.4 Å². The summed E-state index contributed by atoms with van der Waals surface area (Å²) in [4.78, 5) is 29.2. The average molecular weight is 380 g/mol. The number of carbonyl (C=O) groups is 2. The maximum Gasteiger partial charge on any atom is 0.255 e. The second-order valence-electron chi connectivity index (χ2n) is 5.21. The molecule has 1 aromatic heterocycles. The number of amides is 2. The number of hydrogen-bond donors (Lipinski definition) is 2. The van der Waals surface area contributed by atoms with Gasteiger partial charge in [0.1, 0.15) is 11.8 Å². The Balaban J connectivity index is 2.02. The van der Waals surface area contributed by atoms with Crippen molar-refractivity contribution in [3.8, 4) is 5.75 Å². The van der Waals surface area contributed by atoms with Crippen molar-refractivity contribution in [2.45, 2.75) is 19.0 Å². The summed E-state index contributed by atoms with van der Waals surface area (Å²) in [5, 5.41) is 7.52. The SMILES string of the molecule is COc1ccccc1C(=O)N[C@@H](CCSC)C(=O)NCc1cscn1. The highest BCUT2D eigenvalue weighted by atomic mass is 32.2. The Labute approximate surface area is 155 Å². The van der Waals surface area contributed by atoms with Crippen molar-refractivity contribution in [2.75, 3.05) is 19.1 Å². The van der Waals surface area contributed by atoms with E-state index in [1.807, 2.05) is 11.6 Å². The third kappa shape index (κ3) is 5.75. The van der Waals surface area contributed by atoms with Crippen LogP contribution in [-0.4, -0.2) is 42.0 Å². The molecule has 0 saturated carbocycles. The first kappa shape index (κ1) is 19.3. The van der Waals surface area contributed by atoms with E-state index in [2.05, 4.69) is 15.6 Å². The van der Waals surface area contributed by atoms with Gasteiger partial charge in [-0.15, -0.1) is 11.3 Å². The molecular weight excluding hydrogens is 358 g/mol. The van der Waals surface area contributed by atoms with Crippen molar-refractivity contribution in [1.29, 1.82) is 0 Å². The zero-order valence-electron chi connectivity index (χ0n) is 14.2. The molecule has 1 atom stereocenters. The Hall–Kier alpha value is -2.06. The van der Waals surface area contributed by atoms with Gasteiger partial charge in [0.05, 0.1) is 30.4 Å². The molecule has 134 valence electrons.